The first-order valence-electron chi connectivity index (χ1n) is 10.3. The fourth-order valence-electron chi connectivity index (χ4n) is 3.10. The molecule has 33 heavy (non-hydrogen) atoms. The summed E-state index contributed by atoms with van der Waals surface area (Å²) in [6, 6.07) is 13.1. The highest BCUT2D eigenvalue weighted by Gasteiger charge is 2.18. The molecule has 4 N–H and O–H groups in total. The molecule has 0 radical (unpaired) electrons. The molecule has 1 heterocycles. The topological polar surface area (TPSA) is 140 Å². The van der Waals surface area contributed by atoms with Gasteiger partial charge >= 0.3 is 0 Å². The van der Waals surface area contributed by atoms with Crippen LogP contribution in [-0.4, -0.2) is 44.6 Å². The third-order valence-electron chi connectivity index (χ3n) is 4.94. The molecule has 0 saturated carbocycles. The number of hydrogen-bond donors (Lipinski definition) is 3. The summed E-state index contributed by atoms with van der Waals surface area (Å²) in [4.78, 5) is 28.3. The van der Waals surface area contributed by atoms with Gasteiger partial charge in [0.15, 0.2) is 9.84 Å². The Morgan fingerprint density at radius 1 is 1.12 bits per heavy atom. The van der Waals surface area contributed by atoms with Gasteiger partial charge in [0, 0.05) is 29.6 Å². The molecular formula is C23H26N4O5S. The lowest BCUT2D eigenvalue weighted by atomic mass is 10.1. The molecule has 1 aromatic heterocycles. The van der Waals surface area contributed by atoms with Gasteiger partial charge in [0.05, 0.1) is 28.8 Å². The molecule has 3 rings (SSSR count). The van der Waals surface area contributed by atoms with Crippen LogP contribution in [0.1, 0.15) is 24.2 Å². The standard InChI is InChI=1S/C23H26N4O5S/c1-14(2)23(29)25-9-10-33(30,31)18-7-8-20-15(11-18)12-19(21(24)28)22(27-20)26-16-5-4-6-17(13-16)32-3/h4-8,11-14H,9-10H2,1-3H3,(H2,24,28)(H,25,29)(H,26,27). The highest BCUT2D eigenvalue weighted by Crippen LogP contribution is 2.27. The average Bonchev–Trinajstić information content (AvgIpc) is 2.78. The fraction of sp³-hybridized carbons (Fsp3) is 0.261. The van der Waals surface area contributed by atoms with Crippen LogP contribution in [0.3, 0.4) is 0 Å². The van der Waals surface area contributed by atoms with Gasteiger partial charge in [-0.05, 0) is 36.4 Å². The van der Waals surface area contributed by atoms with Gasteiger partial charge in [0.2, 0.25) is 5.91 Å². The van der Waals surface area contributed by atoms with Crippen molar-refractivity contribution in [1.82, 2.24) is 10.3 Å². The third kappa shape index (κ3) is 5.78. The molecule has 0 aliphatic carbocycles. The zero-order chi connectivity index (χ0) is 24.2. The predicted octanol–water partition coefficient (Wildman–Crippen LogP) is 2.63. The quantitative estimate of drug-likeness (QED) is 0.437. The summed E-state index contributed by atoms with van der Waals surface area (Å²) < 4.78 is 30.7. The normalized spacial score (nSPS) is 11.4. The average molecular weight is 471 g/mol. The van der Waals surface area contributed by atoms with E-state index in [1.807, 2.05) is 0 Å². The Kier molecular flexibility index (Phi) is 7.17. The molecular weight excluding hydrogens is 444 g/mol. The van der Waals surface area contributed by atoms with Crippen molar-refractivity contribution in [1.29, 1.82) is 0 Å². The maximum Gasteiger partial charge on any atom is 0.252 e. The number of aromatic nitrogens is 1. The number of ether oxygens (including phenoxy) is 1. The number of benzene rings is 2. The molecule has 174 valence electrons. The number of pyridine rings is 1. The molecule has 0 saturated heterocycles. The molecule has 0 fully saturated rings. The number of methoxy groups -OCH3 is 1. The van der Waals surface area contributed by atoms with Crippen LogP contribution in [0, 0.1) is 5.92 Å². The minimum atomic E-state index is -3.66. The van der Waals surface area contributed by atoms with Crippen LogP contribution in [0.5, 0.6) is 5.75 Å². The number of nitrogens with one attached hydrogen (secondary N) is 2. The van der Waals surface area contributed by atoms with Crippen molar-refractivity contribution >= 4 is 44.1 Å². The van der Waals surface area contributed by atoms with Crippen molar-refractivity contribution < 1.29 is 22.7 Å². The van der Waals surface area contributed by atoms with E-state index in [1.165, 1.54) is 18.2 Å². The van der Waals surface area contributed by atoms with E-state index in [9.17, 15) is 18.0 Å². The van der Waals surface area contributed by atoms with Gasteiger partial charge < -0.3 is 21.1 Å². The summed E-state index contributed by atoms with van der Waals surface area (Å²) in [5.41, 5.74) is 6.80. The number of carbonyl (C=O) groups excluding carboxylic acids is 2. The van der Waals surface area contributed by atoms with Crippen molar-refractivity contribution in [3.05, 3.63) is 54.1 Å². The van der Waals surface area contributed by atoms with Crippen molar-refractivity contribution in [2.24, 2.45) is 11.7 Å². The maximum atomic E-state index is 12.7. The first kappa shape index (κ1) is 24.0. The Morgan fingerprint density at radius 2 is 1.88 bits per heavy atom. The molecule has 0 aliphatic heterocycles. The molecule has 3 aromatic rings. The lowest BCUT2D eigenvalue weighted by Gasteiger charge is -2.13. The predicted molar refractivity (Wildman–Crippen MR) is 126 cm³/mol. The van der Waals surface area contributed by atoms with Gasteiger partial charge in [0.25, 0.3) is 5.91 Å². The summed E-state index contributed by atoms with van der Waals surface area (Å²) in [6.07, 6.45) is 0. The minimum absolute atomic E-state index is 0.00552. The number of sulfone groups is 1. The Labute approximate surface area is 192 Å². The van der Waals surface area contributed by atoms with Crippen LogP contribution in [0.15, 0.2) is 53.4 Å². The fourth-order valence-corrected chi connectivity index (χ4v) is 4.29. The van der Waals surface area contributed by atoms with Crippen LogP contribution >= 0.6 is 0 Å². The largest absolute Gasteiger partial charge is 0.497 e. The number of rotatable bonds is 9. The summed E-state index contributed by atoms with van der Waals surface area (Å²) >= 11 is 0. The smallest absolute Gasteiger partial charge is 0.252 e. The second-order valence-electron chi connectivity index (χ2n) is 7.72. The van der Waals surface area contributed by atoms with Crippen LogP contribution < -0.4 is 21.1 Å². The number of nitrogens with two attached hydrogens (primary N) is 1. The van der Waals surface area contributed by atoms with E-state index in [4.69, 9.17) is 10.5 Å². The Hall–Kier alpha value is -3.66. The van der Waals surface area contributed by atoms with E-state index < -0.39 is 15.7 Å². The summed E-state index contributed by atoms with van der Waals surface area (Å²) in [7, 11) is -2.11. The Morgan fingerprint density at radius 3 is 2.55 bits per heavy atom. The van der Waals surface area contributed by atoms with Gasteiger partial charge in [-0.1, -0.05) is 19.9 Å². The highest BCUT2D eigenvalue weighted by molar-refractivity contribution is 7.91. The van der Waals surface area contributed by atoms with Crippen LogP contribution in [0.4, 0.5) is 11.5 Å². The SMILES string of the molecule is COc1cccc(Nc2nc3ccc(S(=O)(=O)CCNC(=O)C(C)C)cc3cc2C(N)=O)c1. The van der Waals surface area contributed by atoms with Gasteiger partial charge in [-0.15, -0.1) is 0 Å². The number of nitrogens with zero attached hydrogens (tertiary/aromatic N) is 1. The lowest BCUT2D eigenvalue weighted by molar-refractivity contribution is -0.123. The molecule has 0 unspecified atom stereocenters. The minimum Gasteiger partial charge on any atom is -0.497 e. The number of carbonyl (C=O) groups is 2. The van der Waals surface area contributed by atoms with Crippen molar-refractivity contribution in [3.63, 3.8) is 0 Å². The maximum absolute atomic E-state index is 12.7. The highest BCUT2D eigenvalue weighted by atomic mass is 32.2. The van der Waals surface area contributed by atoms with Crippen LogP contribution in [-0.2, 0) is 14.6 Å². The number of hydrogen-bond acceptors (Lipinski definition) is 7. The number of fused-ring (bicyclic) bond motifs is 1. The second-order valence-corrected chi connectivity index (χ2v) is 9.83. The third-order valence-corrected chi connectivity index (χ3v) is 6.65. The van der Waals surface area contributed by atoms with Crippen molar-refractivity contribution in [3.8, 4) is 5.75 Å². The number of anilines is 2. The Bertz CT molecular complexity index is 1310. The van der Waals surface area contributed by atoms with Crippen molar-refractivity contribution in [2.75, 3.05) is 24.7 Å². The molecule has 10 heteroatoms. The zero-order valence-corrected chi connectivity index (χ0v) is 19.4. The zero-order valence-electron chi connectivity index (χ0n) is 18.6. The monoisotopic (exact) mass is 470 g/mol. The Balaban J connectivity index is 1.91. The van der Waals surface area contributed by atoms with E-state index in [2.05, 4.69) is 15.6 Å². The van der Waals surface area contributed by atoms with Gasteiger partial charge in [0.1, 0.15) is 11.6 Å². The van der Waals surface area contributed by atoms with E-state index in [1.54, 1.807) is 51.3 Å². The second kappa shape index (κ2) is 9.86. The molecule has 0 bridgehead atoms. The van der Waals surface area contributed by atoms with Crippen molar-refractivity contribution in [2.45, 2.75) is 18.7 Å². The number of primary amides is 1. The first-order chi connectivity index (χ1) is 15.6. The summed E-state index contributed by atoms with van der Waals surface area (Å²) in [5.74, 6) is -0.528. The van der Waals surface area contributed by atoms with Crippen LogP contribution in [0.2, 0.25) is 0 Å². The van der Waals surface area contributed by atoms with E-state index in [-0.39, 0.29) is 40.4 Å². The van der Waals surface area contributed by atoms with Gasteiger partial charge in [-0.3, -0.25) is 9.59 Å². The molecule has 9 nitrogen and oxygen atoms in total. The number of amides is 2. The summed E-state index contributed by atoms with van der Waals surface area (Å²) in [6.45, 7) is 3.47. The lowest BCUT2D eigenvalue weighted by Crippen LogP contribution is -2.32. The molecule has 2 aromatic carbocycles. The molecule has 2 amide bonds. The van der Waals surface area contributed by atoms with Gasteiger partial charge in [-0.2, -0.15) is 0 Å². The molecule has 0 atom stereocenters. The van der Waals surface area contributed by atoms with E-state index >= 15 is 0 Å². The van der Waals surface area contributed by atoms with E-state index in [0.29, 0.717) is 22.3 Å². The van der Waals surface area contributed by atoms with Gasteiger partial charge in [-0.25, -0.2) is 13.4 Å². The summed E-state index contributed by atoms with van der Waals surface area (Å²) in [5, 5.41) is 6.11. The first-order valence-corrected chi connectivity index (χ1v) is 11.9. The molecule has 0 spiro atoms. The van der Waals surface area contributed by atoms with E-state index in [0.717, 1.165) is 0 Å². The van der Waals surface area contributed by atoms with Crippen LogP contribution in [0.25, 0.3) is 10.9 Å². The molecule has 0 aliphatic rings.